The van der Waals surface area contributed by atoms with E-state index in [1.165, 1.54) is 17.6 Å². The van der Waals surface area contributed by atoms with E-state index in [-0.39, 0.29) is 17.7 Å². The molecule has 2 aliphatic rings. The minimum Gasteiger partial charge on any atom is -0.367 e. The number of amides is 1. The summed E-state index contributed by atoms with van der Waals surface area (Å²) < 4.78 is 0. The molecule has 0 saturated heterocycles. The Morgan fingerprint density at radius 3 is 2.93 bits per heavy atom. The van der Waals surface area contributed by atoms with Gasteiger partial charge in [0, 0.05) is 36.3 Å². The van der Waals surface area contributed by atoms with Crippen LogP contribution in [0.1, 0.15) is 29.3 Å². The summed E-state index contributed by atoms with van der Waals surface area (Å²) in [5, 5.41) is 9.88. The van der Waals surface area contributed by atoms with Crippen LogP contribution in [0, 0.1) is 5.92 Å². The molecule has 2 aromatic carbocycles. The predicted molar refractivity (Wildman–Crippen MR) is 103 cm³/mol. The third-order valence-corrected chi connectivity index (χ3v) is 5.53. The molecule has 6 nitrogen and oxygen atoms in total. The number of carbonyl (C=O) groups is 1. The zero-order chi connectivity index (χ0) is 18.2. The molecule has 1 aliphatic heterocycles. The molecule has 3 aromatic rings. The first-order valence-electron chi connectivity index (χ1n) is 9.36. The SMILES string of the molecule is O=C(Nc1ccccc1CN1CCc2ccccc21)[C@@H]1C[C@@H]1c1ncn[nH]1. The van der Waals surface area contributed by atoms with E-state index >= 15 is 0 Å². The van der Waals surface area contributed by atoms with E-state index in [9.17, 15) is 4.79 Å². The Morgan fingerprint density at radius 2 is 2.04 bits per heavy atom. The third-order valence-electron chi connectivity index (χ3n) is 5.53. The molecule has 1 amide bonds. The Hall–Kier alpha value is -3.15. The van der Waals surface area contributed by atoms with E-state index < -0.39 is 0 Å². The fraction of sp³-hybridized carbons (Fsp3) is 0.286. The summed E-state index contributed by atoms with van der Waals surface area (Å²) in [4.78, 5) is 19.2. The number of nitrogens with one attached hydrogen (secondary N) is 2. The van der Waals surface area contributed by atoms with Crippen LogP contribution in [0.2, 0.25) is 0 Å². The van der Waals surface area contributed by atoms with E-state index in [1.807, 2.05) is 18.2 Å². The monoisotopic (exact) mass is 359 g/mol. The highest BCUT2D eigenvalue weighted by molar-refractivity contribution is 5.95. The Labute approximate surface area is 157 Å². The van der Waals surface area contributed by atoms with Gasteiger partial charge in [0.2, 0.25) is 5.91 Å². The molecule has 1 fully saturated rings. The largest absolute Gasteiger partial charge is 0.367 e. The maximum Gasteiger partial charge on any atom is 0.228 e. The quantitative estimate of drug-likeness (QED) is 0.734. The summed E-state index contributed by atoms with van der Waals surface area (Å²) in [7, 11) is 0. The number of rotatable bonds is 5. The molecule has 6 heteroatoms. The number of H-pyrrole nitrogens is 1. The number of para-hydroxylation sites is 2. The highest BCUT2D eigenvalue weighted by Gasteiger charge is 2.46. The van der Waals surface area contributed by atoms with E-state index in [0.29, 0.717) is 0 Å². The number of hydrogen-bond donors (Lipinski definition) is 2. The first-order chi connectivity index (χ1) is 13.3. The van der Waals surface area contributed by atoms with Gasteiger partial charge in [0.15, 0.2) is 0 Å². The summed E-state index contributed by atoms with van der Waals surface area (Å²) in [6.07, 6.45) is 3.39. The van der Waals surface area contributed by atoms with Crippen molar-refractivity contribution in [2.45, 2.75) is 25.3 Å². The Morgan fingerprint density at radius 1 is 1.19 bits per heavy atom. The van der Waals surface area contributed by atoms with Crippen LogP contribution in [0.3, 0.4) is 0 Å². The standard InChI is InChI=1S/C21H21N5O/c27-21(17-11-16(17)20-22-13-23-25-20)24-18-7-3-1-6-15(18)12-26-10-9-14-5-2-4-8-19(14)26/h1-8,13,16-17H,9-12H2,(H,24,27)(H,22,23,25)/t16-,17+/m0/s1. The van der Waals surface area contributed by atoms with Crippen molar-refractivity contribution in [3.8, 4) is 0 Å². The lowest BCUT2D eigenvalue weighted by Crippen LogP contribution is -2.22. The zero-order valence-electron chi connectivity index (χ0n) is 14.9. The van der Waals surface area contributed by atoms with Gasteiger partial charge in [-0.1, -0.05) is 36.4 Å². The zero-order valence-corrected chi connectivity index (χ0v) is 14.9. The number of aromatic amines is 1. The topological polar surface area (TPSA) is 73.9 Å². The summed E-state index contributed by atoms with van der Waals surface area (Å²) in [6, 6.07) is 16.6. The Kier molecular flexibility index (Phi) is 3.89. The number of anilines is 2. The van der Waals surface area contributed by atoms with Crippen molar-refractivity contribution in [1.82, 2.24) is 15.2 Å². The Bertz CT molecular complexity index is 968. The minimum absolute atomic E-state index is 0.0291. The number of nitrogens with zero attached hydrogens (tertiary/aromatic N) is 3. The van der Waals surface area contributed by atoms with Gasteiger partial charge in [0.05, 0.1) is 0 Å². The van der Waals surface area contributed by atoms with Gasteiger partial charge >= 0.3 is 0 Å². The second-order valence-corrected chi connectivity index (χ2v) is 7.27. The molecule has 2 N–H and O–H groups in total. The molecule has 27 heavy (non-hydrogen) atoms. The van der Waals surface area contributed by atoms with Crippen molar-refractivity contribution >= 4 is 17.3 Å². The number of hydrogen-bond acceptors (Lipinski definition) is 4. The number of aromatic nitrogens is 3. The van der Waals surface area contributed by atoms with Crippen molar-refractivity contribution in [3.63, 3.8) is 0 Å². The molecule has 0 unspecified atom stereocenters. The smallest absolute Gasteiger partial charge is 0.228 e. The van der Waals surface area contributed by atoms with Crippen LogP contribution in [0.4, 0.5) is 11.4 Å². The lowest BCUT2D eigenvalue weighted by molar-refractivity contribution is -0.117. The van der Waals surface area contributed by atoms with E-state index in [1.54, 1.807) is 0 Å². The lowest BCUT2D eigenvalue weighted by atomic mass is 10.1. The molecule has 1 saturated carbocycles. The molecule has 136 valence electrons. The van der Waals surface area contributed by atoms with Gasteiger partial charge in [-0.15, -0.1) is 0 Å². The summed E-state index contributed by atoms with van der Waals surface area (Å²) in [6.45, 7) is 1.81. The van der Waals surface area contributed by atoms with Crippen LogP contribution in [0.25, 0.3) is 0 Å². The highest BCUT2D eigenvalue weighted by Crippen LogP contribution is 2.46. The number of benzene rings is 2. The molecule has 1 aromatic heterocycles. The van der Waals surface area contributed by atoms with Gasteiger partial charge in [0.1, 0.15) is 12.2 Å². The van der Waals surface area contributed by atoms with Gasteiger partial charge in [-0.3, -0.25) is 9.89 Å². The fourth-order valence-electron chi connectivity index (χ4n) is 3.96. The van der Waals surface area contributed by atoms with Gasteiger partial charge in [-0.2, -0.15) is 5.10 Å². The van der Waals surface area contributed by atoms with Crippen LogP contribution >= 0.6 is 0 Å². The van der Waals surface area contributed by atoms with Crippen LogP contribution < -0.4 is 10.2 Å². The summed E-state index contributed by atoms with van der Waals surface area (Å²) in [5.41, 5.74) is 4.73. The van der Waals surface area contributed by atoms with E-state index in [0.717, 1.165) is 43.0 Å². The molecular weight excluding hydrogens is 338 g/mol. The first-order valence-corrected chi connectivity index (χ1v) is 9.36. The van der Waals surface area contributed by atoms with E-state index in [2.05, 4.69) is 55.7 Å². The molecule has 5 rings (SSSR count). The maximum absolute atomic E-state index is 12.7. The number of fused-ring (bicyclic) bond motifs is 1. The van der Waals surface area contributed by atoms with Crippen LogP contribution in [0.5, 0.6) is 0 Å². The summed E-state index contributed by atoms with van der Waals surface area (Å²) in [5.74, 6) is 0.992. The van der Waals surface area contributed by atoms with Crippen molar-refractivity contribution in [1.29, 1.82) is 0 Å². The molecular formula is C21H21N5O. The maximum atomic E-state index is 12.7. The molecule has 2 heterocycles. The molecule has 0 radical (unpaired) electrons. The Balaban J connectivity index is 1.30. The highest BCUT2D eigenvalue weighted by atomic mass is 16.2. The molecule has 0 bridgehead atoms. The number of carbonyl (C=O) groups excluding carboxylic acids is 1. The van der Waals surface area contributed by atoms with Crippen molar-refractivity contribution in [2.24, 2.45) is 5.92 Å². The van der Waals surface area contributed by atoms with Gasteiger partial charge in [0.25, 0.3) is 0 Å². The minimum atomic E-state index is -0.0291. The fourth-order valence-corrected chi connectivity index (χ4v) is 3.96. The summed E-state index contributed by atoms with van der Waals surface area (Å²) >= 11 is 0. The van der Waals surface area contributed by atoms with Gasteiger partial charge < -0.3 is 10.2 Å². The van der Waals surface area contributed by atoms with Gasteiger partial charge in [-0.05, 0) is 36.1 Å². The first kappa shape index (κ1) is 16.1. The van der Waals surface area contributed by atoms with Crippen molar-refractivity contribution < 1.29 is 4.79 Å². The average molecular weight is 359 g/mol. The van der Waals surface area contributed by atoms with Crippen LogP contribution in [-0.2, 0) is 17.8 Å². The molecule has 2 atom stereocenters. The predicted octanol–water partition coefficient (Wildman–Crippen LogP) is 3.11. The molecule has 0 spiro atoms. The van der Waals surface area contributed by atoms with Crippen LogP contribution in [-0.4, -0.2) is 27.6 Å². The normalized spacial score (nSPS) is 20.4. The van der Waals surface area contributed by atoms with Crippen molar-refractivity contribution in [3.05, 3.63) is 71.8 Å². The second-order valence-electron chi connectivity index (χ2n) is 7.27. The third kappa shape index (κ3) is 3.07. The van der Waals surface area contributed by atoms with Crippen molar-refractivity contribution in [2.75, 3.05) is 16.8 Å². The van der Waals surface area contributed by atoms with Crippen LogP contribution in [0.15, 0.2) is 54.9 Å². The van der Waals surface area contributed by atoms with E-state index in [4.69, 9.17) is 0 Å². The molecule has 1 aliphatic carbocycles. The lowest BCUT2D eigenvalue weighted by Gasteiger charge is -2.21. The van der Waals surface area contributed by atoms with Gasteiger partial charge in [-0.25, -0.2) is 4.98 Å². The second kappa shape index (κ2) is 6.54. The average Bonchev–Trinajstić information content (AvgIpc) is 3.12.